The first-order chi connectivity index (χ1) is 3.72. The van der Waals surface area contributed by atoms with E-state index in [2.05, 4.69) is 0 Å². The average Bonchev–Trinajstić information content (AvgIpc) is 1.69. The van der Waals surface area contributed by atoms with Crippen LogP contribution in [-0.2, 0) is 10.8 Å². The molecule has 2 N–H and O–H groups in total. The minimum Gasteiger partial charge on any atom is -0.329 e. The molecule has 0 saturated carbocycles. The van der Waals surface area contributed by atoms with E-state index < -0.39 is 10.8 Å². The van der Waals surface area contributed by atoms with Crippen molar-refractivity contribution in [3.8, 4) is 0 Å². The topological polar surface area (TPSA) is 43.1 Å². The Labute approximate surface area is 52.9 Å². The first kappa shape index (κ1) is 8.11. The highest BCUT2D eigenvalue weighted by Crippen LogP contribution is 1.95. The van der Waals surface area contributed by atoms with Crippen molar-refractivity contribution in [3.63, 3.8) is 0 Å². The van der Waals surface area contributed by atoms with E-state index in [1.165, 1.54) is 0 Å². The highest BCUT2D eigenvalue weighted by molar-refractivity contribution is 7.84. The Morgan fingerprint density at radius 2 is 2.25 bits per heavy atom. The van der Waals surface area contributed by atoms with Crippen LogP contribution in [0, 0.1) is 0 Å². The highest BCUT2D eigenvalue weighted by atomic mass is 32.2. The Balaban J connectivity index is 3.52. The summed E-state index contributed by atoms with van der Waals surface area (Å²) in [6, 6.07) is 0. The number of rotatable bonds is 3. The summed E-state index contributed by atoms with van der Waals surface area (Å²) in [6.07, 6.45) is 2.61. The zero-order valence-electron chi connectivity index (χ0n) is 5.39. The Hall–Kier alpha value is 0.110. The fourth-order valence-electron chi connectivity index (χ4n) is 0.537. The molecule has 2 nitrogen and oxygen atoms in total. The Bertz CT molecular complexity index is 80.5. The van der Waals surface area contributed by atoms with Gasteiger partial charge in [-0.25, -0.2) is 0 Å². The summed E-state index contributed by atoms with van der Waals surface area (Å²) in [5.41, 5.74) is 5.29. The second kappa shape index (κ2) is 4.04. The zero-order chi connectivity index (χ0) is 6.57. The van der Waals surface area contributed by atoms with Crippen molar-refractivity contribution in [1.82, 2.24) is 0 Å². The first-order valence-electron chi connectivity index (χ1n) is 2.74. The molecular weight excluding hydrogens is 122 g/mol. The highest BCUT2D eigenvalue weighted by Gasteiger charge is 2.05. The van der Waals surface area contributed by atoms with E-state index in [0.29, 0.717) is 6.54 Å². The molecule has 0 aromatic heterocycles. The summed E-state index contributed by atoms with van der Waals surface area (Å²) < 4.78 is 10.6. The van der Waals surface area contributed by atoms with Gasteiger partial charge in [0.05, 0.1) is 0 Å². The molecule has 3 heteroatoms. The maximum Gasteiger partial charge on any atom is 0.0464 e. The van der Waals surface area contributed by atoms with Crippen molar-refractivity contribution in [3.05, 3.63) is 0 Å². The van der Waals surface area contributed by atoms with Crippen molar-refractivity contribution in [1.29, 1.82) is 0 Å². The Morgan fingerprint density at radius 1 is 1.75 bits per heavy atom. The predicted octanol–water partition coefficient (Wildman–Crippen LogP) is 0.102. The molecule has 50 valence electrons. The smallest absolute Gasteiger partial charge is 0.0464 e. The van der Waals surface area contributed by atoms with Gasteiger partial charge in [-0.3, -0.25) is 4.21 Å². The van der Waals surface area contributed by atoms with Crippen molar-refractivity contribution >= 4 is 10.8 Å². The van der Waals surface area contributed by atoms with Gasteiger partial charge in [0, 0.05) is 28.9 Å². The molecule has 0 aliphatic rings. The van der Waals surface area contributed by atoms with Crippen molar-refractivity contribution < 1.29 is 4.21 Å². The molecule has 2 atom stereocenters. The molecule has 0 radical (unpaired) electrons. The lowest BCUT2D eigenvalue weighted by Crippen LogP contribution is -2.23. The lowest BCUT2D eigenvalue weighted by molar-refractivity contribution is 0.668. The monoisotopic (exact) mass is 135 g/mol. The number of hydrogen-bond donors (Lipinski definition) is 1. The quantitative estimate of drug-likeness (QED) is 0.596. The van der Waals surface area contributed by atoms with E-state index in [1.54, 1.807) is 6.26 Å². The van der Waals surface area contributed by atoms with Crippen LogP contribution in [0.5, 0.6) is 0 Å². The summed E-state index contributed by atoms with van der Waals surface area (Å²) in [5.74, 6) is 0. The largest absolute Gasteiger partial charge is 0.329 e. The van der Waals surface area contributed by atoms with Crippen LogP contribution in [0.1, 0.15) is 13.3 Å². The van der Waals surface area contributed by atoms with E-state index >= 15 is 0 Å². The van der Waals surface area contributed by atoms with Gasteiger partial charge < -0.3 is 5.73 Å². The molecule has 0 rings (SSSR count). The second-order valence-corrected chi connectivity index (χ2v) is 3.43. The van der Waals surface area contributed by atoms with Crippen LogP contribution < -0.4 is 5.73 Å². The molecule has 0 aromatic rings. The average molecular weight is 135 g/mol. The van der Waals surface area contributed by atoms with Crippen molar-refractivity contribution in [2.24, 2.45) is 5.73 Å². The summed E-state index contributed by atoms with van der Waals surface area (Å²) >= 11 is 0. The van der Waals surface area contributed by atoms with Crippen LogP contribution in [0.4, 0.5) is 0 Å². The van der Waals surface area contributed by atoms with Gasteiger partial charge in [0.2, 0.25) is 0 Å². The maximum absolute atomic E-state index is 10.6. The van der Waals surface area contributed by atoms with Crippen molar-refractivity contribution in [2.75, 3.05) is 12.8 Å². The standard InChI is InChI=1S/C5H13NOS/c1-3-5(4-6)8(2)7/h5H,3-4,6H2,1-2H3. The Kier molecular flexibility index (Phi) is 4.09. The normalized spacial score (nSPS) is 17.9. The van der Waals surface area contributed by atoms with Crippen LogP contribution in [-0.4, -0.2) is 22.3 Å². The number of nitrogens with two attached hydrogens (primary N) is 1. The molecule has 0 aromatic carbocycles. The van der Waals surface area contributed by atoms with E-state index in [0.717, 1.165) is 6.42 Å². The lowest BCUT2D eigenvalue weighted by atomic mass is 10.3. The third-order valence-electron chi connectivity index (χ3n) is 1.19. The molecule has 0 aliphatic heterocycles. The summed E-state index contributed by atoms with van der Waals surface area (Å²) in [6.45, 7) is 2.54. The van der Waals surface area contributed by atoms with Crippen LogP contribution >= 0.6 is 0 Å². The van der Waals surface area contributed by atoms with Gasteiger partial charge in [0.15, 0.2) is 0 Å². The van der Waals surface area contributed by atoms with E-state index in [4.69, 9.17) is 5.73 Å². The fourth-order valence-corrected chi connectivity index (χ4v) is 1.28. The number of hydrogen-bond acceptors (Lipinski definition) is 2. The van der Waals surface area contributed by atoms with Crippen LogP contribution in [0.2, 0.25) is 0 Å². The van der Waals surface area contributed by atoms with E-state index in [-0.39, 0.29) is 5.25 Å². The van der Waals surface area contributed by atoms with E-state index in [9.17, 15) is 4.21 Å². The van der Waals surface area contributed by atoms with Gasteiger partial charge in [-0.05, 0) is 6.42 Å². The van der Waals surface area contributed by atoms with E-state index in [1.807, 2.05) is 6.92 Å². The van der Waals surface area contributed by atoms with Gasteiger partial charge in [-0.15, -0.1) is 0 Å². The molecule has 0 bridgehead atoms. The zero-order valence-corrected chi connectivity index (χ0v) is 6.20. The van der Waals surface area contributed by atoms with Gasteiger partial charge in [-0.1, -0.05) is 6.92 Å². The molecular formula is C5H13NOS. The lowest BCUT2D eigenvalue weighted by Gasteiger charge is -2.05. The molecule has 0 fully saturated rings. The molecule has 0 spiro atoms. The summed E-state index contributed by atoms with van der Waals surface area (Å²) in [7, 11) is -0.728. The Morgan fingerprint density at radius 3 is 2.25 bits per heavy atom. The summed E-state index contributed by atoms with van der Waals surface area (Å²) in [4.78, 5) is 0. The second-order valence-electron chi connectivity index (χ2n) is 1.76. The van der Waals surface area contributed by atoms with Gasteiger partial charge in [-0.2, -0.15) is 0 Å². The minimum atomic E-state index is -0.728. The molecule has 2 unspecified atom stereocenters. The molecule has 0 aliphatic carbocycles. The van der Waals surface area contributed by atoms with Crippen molar-refractivity contribution in [2.45, 2.75) is 18.6 Å². The van der Waals surface area contributed by atoms with Crippen LogP contribution in [0.25, 0.3) is 0 Å². The molecule has 8 heavy (non-hydrogen) atoms. The third kappa shape index (κ3) is 2.43. The fraction of sp³-hybridized carbons (Fsp3) is 1.00. The maximum atomic E-state index is 10.6. The summed E-state index contributed by atoms with van der Waals surface area (Å²) in [5, 5.41) is 0.204. The van der Waals surface area contributed by atoms with Crippen LogP contribution in [0.3, 0.4) is 0 Å². The minimum absolute atomic E-state index is 0.204. The van der Waals surface area contributed by atoms with Crippen LogP contribution in [0.15, 0.2) is 0 Å². The van der Waals surface area contributed by atoms with Gasteiger partial charge >= 0.3 is 0 Å². The van der Waals surface area contributed by atoms with Gasteiger partial charge in [0.25, 0.3) is 0 Å². The SMILES string of the molecule is CCC(CN)S(C)=O. The van der Waals surface area contributed by atoms with Gasteiger partial charge in [0.1, 0.15) is 0 Å². The first-order valence-corrected chi connectivity index (χ1v) is 4.36. The molecule has 0 heterocycles. The molecule has 0 amide bonds. The molecule has 0 saturated heterocycles. The predicted molar refractivity (Wildman–Crippen MR) is 37.2 cm³/mol. The third-order valence-corrected chi connectivity index (χ3v) is 2.65.